The van der Waals surface area contributed by atoms with E-state index in [4.69, 9.17) is 0 Å². The number of carbonyl (C=O) groups excluding carboxylic acids is 1. The minimum absolute atomic E-state index is 0.0971. The number of rotatable bonds is 42. The number of aliphatic hydroxyl groups is 2. The second-order valence-electron chi connectivity index (χ2n) is 15.8. The molecular formula is C58H91NO3. The average Bonchev–Trinajstić information content (AvgIpc) is 3.28. The fourth-order valence-corrected chi connectivity index (χ4v) is 6.24. The third kappa shape index (κ3) is 47.1. The molecule has 346 valence electrons. The van der Waals surface area contributed by atoms with Crippen molar-refractivity contribution in [3.63, 3.8) is 0 Å². The summed E-state index contributed by atoms with van der Waals surface area (Å²) in [6.07, 6.45) is 83.7. The highest BCUT2D eigenvalue weighted by Gasteiger charge is 2.17. The quantitative estimate of drug-likeness (QED) is 0.0423. The number of unbranched alkanes of at least 4 members (excludes halogenated alkanes) is 11. The van der Waals surface area contributed by atoms with Gasteiger partial charge in [-0.2, -0.15) is 0 Å². The number of carbonyl (C=O) groups is 1. The second-order valence-corrected chi connectivity index (χ2v) is 15.8. The van der Waals surface area contributed by atoms with Crippen LogP contribution in [0.3, 0.4) is 0 Å². The van der Waals surface area contributed by atoms with Crippen molar-refractivity contribution in [1.29, 1.82) is 0 Å². The molecule has 3 N–H and O–H groups in total. The monoisotopic (exact) mass is 850 g/mol. The van der Waals surface area contributed by atoms with E-state index in [1.54, 1.807) is 6.08 Å². The van der Waals surface area contributed by atoms with Crippen LogP contribution in [0.15, 0.2) is 158 Å². The number of amides is 1. The lowest BCUT2D eigenvalue weighted by molar-refractivity contribution is -0.123. The van der Waals surface area contributed by atoms with Crippen LogP contribution in [0.5, 0.6) is 0 Å². The van der Waals surface area contributed by atoms with Crippen LogP contribution in [0.4, 0.5) is 0 Å². The van der Waals surface area contributed by atoms with Crippen LogP contribution in [0.25, 0.3) is 0 Å². The molecule has 0 aliphatic carbocycles. The van der Waals surface area contributed by atoms with Crippen LogP contribution >= 0.6 is 0 Å². The van der Waals surface area contributed by atoms with Gasteiger partial charge >= 0.3 is 0 Å². The van der Waals surface area contributed by atoms with E-state index in [0.717, 1.165) is 122 Å². The molecule has 0 radical (unpaired) electrons. The Morgan fingerprint density at radius 2 is 0.726 bits per heavy atom. The zero-order chi connectivity index (χ0) is 44.9. The van der Waals surface area contributed by atoms with Gasteiger partial charge in [-0.15, -0.1) is 0 Å². The maximum absolute atomic E-state index is 12.4. The Labute approximate surface area is 382 Å². The Kier molecular flexibility index (Phi) is 48.1. The maximum atomic E-state index is 12.4. The van der Waals surface area contributed by atoms with Crippen LogP contribution in [0.1, 0.15) is 181 Å². The van der Waals surface area contributed by atoms with Gasteiger partial charge in [-0.3, -0.25) is 4.79 Å². The van der Waals surface area contributed by atoms with E-state index < -0.39 is 12.1 Å². The summed E-state index contributed by atoms with van der Waals surface area (Å²) < 4.78 is 0. The molecule has 0 spiro atoms. The highest BCUT2D eigenvalue weighted by Crippen LogP contribution is 2.12. The van der Waals surface area contributed by atoms with Gasteiger partial charge in [0.15, 0.2) is 0 Å². The lowest BCUT2D eigenvalue weighted by Gasteiger charge is -2.19. The van der Waals surface area contributed by atoms with Crippen LogP contribution in [-0.4, -0.2) is 34.9 Å². The summed E-state index contributed by atoms with van der Waals surface area (Å²) in [4.78, 5) is 12.4. The van der Waals surface area contributed by atoms with Gasteiger partial charge in [-0.05, 0) is 116 Å². The van der Waals surface area contributed by atoms with Gasteiger partial charge in [0.25, 0.3) is 0 Å². The third-order valence-electron chi connectivity index (χ3n) is 9.95. The summed E-state index contributed by atoms with van der Waals surface area (Å²) in [5, 5.41) is 22.9. The number of allylic oxidation sites excluding steroid dienone is 25. The molecule has 0 aliphatic heterocycles. The molecule has 2 atom stereocenters. The Morgan fingerprint density at radius 1 is 0.403 bits per heavy atom. The molecule has 0 heterocycles. The topological polar surface area (TPSA) is 69.6 Å². The first-order valence-corrected chi connectivity index (χ1v) is 24.7. The van der Waals surface area contributed by atoms with E-state index in [-0.39, 0.29) is 12.5 Å². The predicted octanol–water partition coefficient (Wildman–Crippen LogP) is 16.2. The number of nitrogens with one attached hydrogen (secondary N) is 1. The SMILES string of the molecule is CC/C=C\C/C=C\C/C=C\C/C=C\C/C=C\C/C=C\C/C=C\C/C=C\C/C=C\C/C=C\CCCCCCCCCCC(=O)NC(CO)C(O)/C=C/CC/C=C/CC/C=C/CCC. The van der Waals surface area contributed by atoms with E-state index in [1.165, 1.54) is 38.5 Å². The number of hydrogen-bond donors (Lipinski definition) is 3. The Bertz CT molecular complexity index is 1380. The molecule has 0 aromatic carbocycles. The normalized spacial score (nSPS) is 14.3. The van der Waals surface area contributed by atoms with Gasteiger partial charge in [-0.25, -0.2) is 0 Å². The molecule has 62 heavy (non-hydrogen) atoms. The van der Waals surface area contributed by atoms with E-state index >= 15 is 0 Å². The Hall–Kier alpha value is -3.99. The molecule has 0 aromatic rings. The minimum Gasteiger partial charge on any atom is -0.394 e. The van der Waals surface area contributed by atoms with Crippen molar-refractivity contribution in [2.75, 3.05) is 6.61 Å². The lowest BCUT2D eigenvalue weighted by atomic mass is 10.1. The molecule has 0 saturated heterocycles. The molecule has 0 aliphatic rings. The van der Waals surface area contributed by atoms with Gasteiger partial charge in [-0.1, -0.05) is 217 Å². The van der Waals surface area contributed by atoms with E-state index in [1.807, 2.05) is 6.08 Å². The maximum Gasteiger partial charge on any atom is 0.220 e. The van der Waals surface area contributed by atoms with Crippen molar-refractivity contribution in [2.45, 2.75) is 193 Å². The van der Waals surface area contributed by atoms with E-state index in [0.29, 0.717) is 6.42 Å². The van der Waals surface area contributed by atoms with Gasteiger partial charge < -0.3 is 15.5 Å². The van der Waals surface area contributed by atoms with Crippen molar-refractivity contribution in [1.82, 2.24) is 5.32 Å². The first kappa shape index (κ1) is 58.0. The second kappa shape index (κ2) is 51.4. The summed E-state index contributed by atoms with van der Waals surface area (Å²) in [5.41, 5.74) is 0. The molecule has 4 nitrogen and oxygen atoms in total. The zero-order valence-electron chi connectivity index (χ0n) is 39.6. The van der Waals surface area contributed by atoms with Crippen LogP contribution in [0, 0.1) is 0 Å². The van der Waals surface area contributed by atoms with Crippen LogP contribution < -0.4 is 5.32 Å². The van der Waals surface area contributed by atoms with Crippen molar-refractivity contribution < 1.29 is 15.0 Å². The first-order valence-electron chi connectivity index (χ1n) is 24.7. The highest BCUT2D eigenvalue weighted by molar-refractivity contribution is 5.76. The molecular weight excluding hydrogens is 759 g/mol. The Balaban J connectivity index is 3.68. The molecule has 0 bridgehead atoms. The molecule has 0 fully saturated rings. The summed E-state index contributed by atoms with van der Waals surface area (Å²) in [6.45, 7) is 4.07. The summed E-state index contributed by atoms with van der Waals surface area (Å²) in [5.74, 6) is -0.0971. The van der Waals surface area contributed by atoms with Crippen molar-refractivity contribution >= 4 is 5.91 Å². The van der Waals surface area contributed by atoms with Crippen molar-refractivity contribution in [3.8, 4) is 0 Å². The highest BCUT2D eigenvalue weighted by atomic mass is 16.3. The number of aliphatic hydroxyl groups excluding tert-OH is 2. The minimum atomic E-state index is -0.883. The fourth-order valence-electron chi connectivity index (χ4n) is 6.24. The zero-order valence-corrected chi connectivity index (χ0v) is 39.6. The Morgan fingerprint density at radius 3 is 1.11 bits per heavy atom. The molecule has 0 aromatic heterocycles. The largest absolute Gasteiger partial charge is 0.394 e. The van der Waals surface area contributed by atoms with Crippen molar-refractivity contribution in [2.24, 2.45) is 0 Å². The number of hydrogen-bond acceptors (Lipinski definition) is 3. The van der Waals surface area contributed by atoms with Crippen molar-refractivity contribution in [3.05, 3.63) is 158 Å². The first-order chi connectivity index (χ1) is 30.7. The lowest BCUT2D eigenvalue weighted by Crippen LogP contribution is -2.45. The van der Waals surface area contributed by atoms with Gasteiger partial charge in [0.2, 0.25) is 5.91 Å². The molecule has 1 amide bonds. The summed E-state index contributed by atoms with van der Waals surface area (Å²) in [6, 6.07) is -0.660. The van der Waals surface area contributed by atoms with E-state index in [9.17, 15) is 15.0 Å². The molecule has 4 heteroatoms. The van der Waals surface area contributed by atoms with Gasteiger partial charge in [0, 0.05) is 6.42 Å². The molecule has 2 unspecified atom stereocenters. The summed E-state index contributed by atoms with van der Waals surface area (Å²) in [7, 11) is 0. The average molecular weight is 850 g/mol. The van der Waals surface area contributed by atoms with Crippen LogP contribution in [-0.2, 0) is 4.79 Å². The molecule has 0 rings (SSSR count). The van der Waals surface area contributed by atoms with Gasteiger partial charge in [0.1, 0.15) is 0 Å². The van der Waals surface area contributed by atoms with Crippen LogP contribution in [0.2, 0.25) is 0 Å². The standard InChI is InChI=1S/C58H91NO3/c1-3-5-7-9-11-13-15-16-17-18-19-20-21-22-23-24-25-26-27-28-29-30-31-32-33-34-35-36-37-38-39-40-41-42-44-46-48-50-52-54-58(62)59-56(55-60)57(61)53-51-49-47-45-43-14-12-10-8-6-4-2/h5,7-8,10-11,13,16-17,19-20,22-23,25-26,28-29,31-32,34-35,37-38,43,45,51,53,56-57,60-61H,3-4,6,9,12,14-15,18,21,24,27,30,33,36,39-42,44,46-50,52,54-55H2,1-2H3,(H,59,62)/b7-5-,10-8+,13-11-,17-16-,20-19-,23-22-,26-25-,29-28-,32-31-,35-34-,38-37-,45-43+,53-51+. The summed E-state index contributed by atoms with van der Waals surface area (Å²) >= 11 is 0. The molecule has 0 saturated carbocycles. The van der Waals surface area contributed by atoms with Gasteiger partial charge in [0.05, 0.1) is 18.8 Å². The fraction of sp³-hybridized carbons (Fsp3) is 0.534. The van der Waals surface area contributed by atoms with E-state index in [2.05, 4.69) is 165 Å². The smallest absolute Gasteiger partial charge is 0.220 e. The predicted molar refractivity (Wildman–Crippen MR) is 275 cm³/mol. The third-order valence-corrected chi connectivity index (χ3v) is 9.95.